The molecule has 2 unspecified atom stereocenters. The summed E-state index contributed by atoms with van der Waals surface area (Å²) in [6.45, 7) is 4.85. The van der Waals surface area contributed by atoms with Gasteiger partial charge < -0.3 is 20.3 Å². The number of aliphatic hydroxyl groups excluding tert-OH is 2. The zero-order valence-corrected chi connectivity index (χ0v) is 43.2. The first kappa shape index (κ1) is 62.8. The number of esters is 1. The predicted octanol–water partition coefficient (Wildman–Crippen LogP) is 17.4. The van der Waals surface area contributed by atoms with Crippen molar-refractivity contribution >= 4 is 11.9 Å². The summed E-state index contributed by atoms with van der Waals surface area (Å²) >= 11 is 0. The van der Waals surface area contributed by atoms with Gasteiger partial charge in [-0.05, 0) is 89.9 Å². The van der Waals surface area contributed by atoms with E-state index in [0.717, 1.165) is 77.0 Å². The largest absolute Gasteiger partial charge is 0.466 e. The molecule has 0 bridgehead atoms. The Bertz CT molecular complexity index is 1100. The molecule has 0 spiro atoms. The molecule has 0 radical (unpaired) electrons. The molecular formula is C59H109NO5. The summed E-state index contributed by atoms with van der Waals surface area (Å²) in [5.74, 6) is -0.0976. The highest BCUT2D eigenvalue weighted by atomic mass is 16.5. The van der Waals surface area contributed by atoms with Gasteiger partial charge in [0.15, 0.2) is 0 Å². The number of ether oxygens (including phenoxy) is 1. The van der Waals surface area contributed by atoms with E-state index in [9.17, 15) is 19.8 Å². The lowest BCUT2D eigenvalue weighted by Crippen LogP contribution is -2.45. The maximum atomic E-state index is 12.4. The minimum absolute atomic E-state index is 0.0181. The van der Waals surface area contributed by atoms with E-state index in [2.05, 4.69) is 55.6 Å². The van der Waals surface area contributed by atoms with Crippen LogP contribution in [0.1, 0.15) is 290 Å². The van der Waals surface area contributed by atoms with Gasteiger partial charge in [0.25, 0.3) is 0 Å². The molecular weight excluding hydrogens is 803 g/mol. The topological polar surface area (TPSA) is 95.9 Å². The van der Waals surface area contributed by atoms with E-state index in [-0.39, 0.29) is 18.5 Å². The third kappa shape index (κ3) is 51.1. The Labute approximate surface area is 404 Å². The normalized spacial score (nSPS) is 13.0. The summed E-state index contributed by atoms with van der Waals surface area (Å²) in [5, 5.41) is 23.0. The molecule has 1 amide bonds. The highest BCUT2D eigenvalue weighted by molar-refractivity contribution is 5.76. The molecule has 65 heavy (non-hydrogen) atoms. The molecule has 3 N–H and O–H groups in total. The lowest BCUT2D eigenvalue weighted by atomic mass is 10.0. The summed E-state index contributed by atoms with van der Waals surface area (Å²) < 4.78 is 5.46. The summed E-state index contributed by atoms with van der Waals surface area (Å²) in [5.41, 5.74) is 0. The number of hydrogen-bond acceptors (Lipinski definition) is 5. The van der Waals surface area contributed by atoms with E-state index in [1.807, 2.05) is 6.08 Å². The fourth-order valence-electron chi connectivity index (χ4n) is 8.44. The first-order chi connectivity index (χ1) is 32.0. The van der Waals surface area contributed by atoms with Gasteiger partial charge in [0, 0.05) is 12.8 Å². The van der Waals surface area contributed by atoms with Crippen LogP contribution in [0.15, 0.2) is 48.6 Å². The Kier molecular flexibility index (Phi) is 52.6. The molecule has 0 aromatic carbocycles. The number of carbonyl (C=O) groups is 2. The van der Waals surface area contributed by atoms with Crippen LogP contribution in [0.4, 0.5) is 0 Å². The molecule has 2 atom stereocenters. The number of nitrogens with one attached hydrogen (secondary N) is 1. The number of amides is 1. The monoisotopic (exact) mass is 912 g/mol. The average Bonchev–Trinajstić information content (AvgIpc) is 3.31. The van der Waals surface area contributed by atoms with E-state index in [0.29, 0.717) is 19.4 Å². The predicted molar refractivity (Wildman–Crippen MR) is 282 cm³/mol. The van der Waals surface area contributed by atoms with Crippen LogP contribution in [-0.2, 0) is 14.3 Å². The van der Waals surface area contributed by atoms with E-state index in [1.165, 1.54) is 186 Å². The SMILES string of the molecule is CCCCCCCC/C=C\CCCCCCCCCC(=O)OCCCCC/C=C\C=C/CCCCCCCCCCCCC(=O)NC(CO)C(O)/C=C/CCCCCCCCCCCC. The molecule has 0 aromatic heterocycles. The van der Waals surface area contributed by atoms with E-state index in [4.69, 9.17) is 4.74 Å². The van der Waals surface area contributed by atoms with Crippen molar-refractivity contribution in [2.45, 2.75) is 302 Å². The van der Waals surface area contributed by atoms with Crippen LogP contribution in [0.5, 0.6) is 0 Å². The third-order valence-corrected chi connectivity index (χ3v) is 12.8. The molecule has 0 heterocycles. The highest BCUT2D eigenvalue weighted by Crippen LogP contribution is 2.15. The third-order valence-electron chi connectivity index (χ3n) is 12.8. The van der Waals surface area contributed by atoms with Gasteiger partial charge in [-0.2, -0.15) is 0 Å². The molecule has 0 fully saturated rings. The van der Waals surface area contributed by atoms with Gasteiger partial charge in [0.1, 0.15) is 0 Å². The maximum absolute atomic E-state index is 12.4. The Morgan fingerprint density at radius 1 is 0.431 bits per heavy atom. The number of hydrogen-bond donors (Lipinski definition) is 3. The van der Waals surface area contributed by atoms with E-state index < -0.39 is 12.1 Å². The molecule has 380 valence electrons. The molecule has 0 rings (SSSR count). The second kappa shape index (κ2) is 54.4. The number of aliphatic hydroxyl groups is 2. The van der Waals surface area contributed by atoms with Gasteiger partial charge in [0.05, 0.1) is 25.4 Å². The van der Waals surface area contributed by atoms with Crippen LogP contribution in [-0.4, -0.2) is 47.4 Å². The fraction of sp³-hybridized carbons (Fsp3) is 0.831. The second-order valence-corrected chi connectivity index (χ2v) is 19.3. The standard InChI is InChI=1S/C59H109NO5/c1-3-5-7-9-11-13-15-17-18-22-26-29-33-37-41-45-49-53-59(64)65-54-50-46-42-38-34-30-27-24-21-19-20-23-25-28-32-36-40-44-48-52-58(63)60-56(55-61)57(62)51-47-43-39-35-31-16-14-12-10-8-6-4-2/h17-18,24,27,30,34,47,51,56-57,61-62H,3-16,19-23,25-26,28-29,31-33,35-46,48-50,52-55H2,1-2H3,(H,60,63)/b18-17-,27-24-,34-30-,51-47+. The Hall–Kier alpha value is -2.18. The molecule has 6 nitrogen and oxygen atoms in total. The molecule has 0 aliphatic rings. The van der Waals surface area contributed by atoms with Crippen molar-refractivity contribution in [2.75, 3.05) is 13.2 Å². The lowest BCUT2D eigenvalue weighted by molar-refractivity contribution is -0.143. The van der Waals surface area contributed by atoms with Crippen molar-refractivity contribution in [2.24, 2.45) is 0 Å². The van der Waals surface area contributed by atoms with Crippen molar-refractivity contribution in [3.05, 3.63) is 48.6 Å². The average molecular weight is 913 g/mol. The minimum atomic E-state index is -0.851. The van der Waals surface area contributed by atoms with Crippen LogP contribution in [0.3, 0.4) is 0 Å². The van der Waals surface area contributed by atoms with E-state index >= 15 is 0 Å². The van der Waals surface area contributed by atoms with Gasteiger partial charge in [-0.3, -0.25) is 9.59 Å². The quantitative estimate of drug-likeness (QED) is 0.0245. The Balaban J connectivity index is 3.49. The van der Waals surface area contributed by atoms with Crippen molar-refractivity contribution in [1.82, 2.24) is 5.32 Å². The van der Waals surface area contributed by atoms with Crippen molar-refractivity contribution in [3.8, 4) is 0 Å². The molecule has 0 aliphatic carbocycles. The van der Waals surface area contributed by atoms with Crippen molar-refractivity contribution in [1.29, 1.82) is 0 Å². The first-order valence-corrected chi connectivity index (χ1v) is 28.4. The summed E-state index contributed by atoms with van der Waals surface area (Å²) in [7, 11) is 0. The molecule has 0 saturated heterocycles. The fourth-order valence-corrected chi connectivity index (χ4v) is 8.44. The van der Waals surface area contributed by atoms with E-state index in [1.54, 1.807) is 6.08 Å². The first-order valence-electron chi connectivity index (χ1n) is 28.4. The Morgan fingerprint density at radius 2 is 0.769 bits per heavy atom. The zero-order valence-electron chi connectivity index (χ0n) is 43.2. The van der Waals surface area contributed by atoms with Gasteiger partial charge in [-0.1, -0.05) is 236 Å². The number of allylic oxidation sites excluding steroid dienone is 7. The number of carbonyl (C=O) groups excluding carboxylic acids is 2. The van der Waals surface area contributed by atoms with Crippen LogP contribution in [0.2, 0.25) is 0 Å². The highest BCUT2D eigenvalue weighted by Gasteiger charge is 2.18. The summed E-state index contributed by atoms with van der Waals surface area (Å²) in [4.78, 5) is 24.5. The number of unbranched alkanes of at least 4 members (excludes halogenated alkanes) is 36. The van der Waals surface area contributed by atoms with Crippen LogP contribution in [0, 0.1) is 0 Å². The van der Waals surface area contributed by atoms with Crippen LogP contribution in [0.25, 0.3) is 0 Å². The smallest absolute Gasteiger partial charge is 0.305 e. The zero-order chi connectivity index (χ0) is 47.2. The molecule has 0 saturated carbocycles. The molecule has 0 aliphatic heterocycles. The number of rotatable bonds is 52. The van der Waals surface area contributed by atoms with Gasteiger partial charge in [-0.25, -0.2) is 0 Å². The van der Waals surface area contributed by atoms with Crippen molar-refractivity contribution < 1.29 is 24.5 Å². The molecule has 0 aromatic rings. The molecule has 6 heteroatoms. The summed E-state index contributed by atoms with van der Waals surface area (Å²) in [6, 6.07) is -0.635. The van der Waals surface area contributed by atoms with Gasteiger partial charge >= 0.3 is 5.97 Å². The van der Waals surface area contributed by atoms with Gasteiger partial charge in [-0.15, -0.1) is 0 Å². The Morgan fingerprint density at radius 3 is 1.18 bits per heavy atom. The van der Waals surface area contributed by atoms with Crippen LogP contribution >= 0.6 is 0 Å². The van der Waals surface area contributed by atoms with Crippen molar-refractivity contribution in [3.63, 3.8) is 0 Å². The summed E-state index contributed by atoms with van der Waals surface area (Å²) in [6.07, 6.45) is 68.4. The maximum Gasteiger partial charge on any atom is 0.305 e. The minimum Gasteiger partial charge on any atom is -0.466 e. The van der Waals surface area contributed by atoms with Gasteiger partial charge in [0.2, 0.25) is 5.91 Å². The van der Waals surface area contributed by atoms with Crippen LogP contribution < -0.4 is 5.32 Å². The second-order valence-electron chi connectivity index (χ2n) is 19.3. The lowest BCUT2D eigenvalue weighted by Gasteiger charge is -2.20.